The normalized spacial score (nSPS) is 12.1. The van der Waals surface area contributed by atoms with Gasteiger partial charge in [-0.2, -0.15) is 0 Å². The van der Waals surface area contributed by atoms with Crippen LogP contribution in [-0.2, 0) is 11.2 Å². The Bertz CT molecular complexity index is 295. The maximum absolute atomic E-state index is 11.5. The highest BCUT2D eigenvalue weighted by Gasteiger charge is 2.04. The Morgan fingerprint density at radius 1 is 1.33 bits per heavy atom. The van der Waals surface area contributed by atoms with E-state index in [2.05, 4.69) is 19.2 Å². The van der Waals surface area contributed by atoms with Crippen molar-refractivity contribution in [2.24, 2.45) is 5.92 Å². The maximum atomic E-state index is 11.5. The molecule has 1 amide bonds. The van der Waals surface area contributed by atoms with Crippen molar-refractivity contribution >= 4 is 5.91 Å². The molecule has 82 valence electrons. The van der Waals surface area contributed by atoms with Crippen LogP contribution >= 0.6 is 0 Å². The lowest BCUT2D eigenvalue weighted by Gasteiger charge is -2.09. The molecule has 0 aliphatic carbocycles. The van der Waals surface area contributed by atoms with Crippen LogP contribution in [0.4, 0.5) is 0 Å². The van der Waals surface area contributed by atoms with Gasteiger partial charge in [0.25, 0.3) is 0 Å². The average molecular weight is 205 g/mol. The maximum Gasteiger partial charge on any atom is 0.224 e. The number of hydrogen-bond acceptors (Lipinski definition) is 1. The molecule has 0 spiro atoms. The Morgan fingerprint density at radius 2 is 2.00 bits per heavy atom. The van der Waals surface area contributed by atoms with Gasteiger partial charge >= 0.3 is 0 Å². The monoisotopic (exact) mass is 205 g/mol. The van der Waals surface area contributed by atoms with Gasteiger partial charge in [-0.1, -0.05) is 50.6 Å². The number of amides is 1. The van der Waals surface area contributed by atoms with E-state index in [1.165, 1.54) is 0 Å². The number of nitrogens with one attached hydrogen (secondary N) is 1. The van der Waals surface area contributed by atoms with E-state index < -0.39 is 0 Å². The molecular weight excluding hydrogens is 186 g/mol. The molecule has 1 aromatic rings. The average Bonchev–Trinajstić information content (AvgIpc) is 2.27. The zero-order valence-corrected chi connectivity index (χ0v) is 9.49. The summed E-state index contributed by atoms with van der Waals surface area (Å²) in [6.07, 6.45) is 1.59. The quantitative estimate of drug-likeness (QED) is 0.785. The first-order chi connectivity index (χ1) is 7.22. The molecule has 0 aromatic heterocycles. The second-order valence-electron chi connectivity index (χ2n) is 3.98. The van der Waals surface area contributed by atoms with Gasteiger partial charge in [-0.15, -0.1) is 0 Å². The van der Waals surface area contributed by atoms with Gasteiger partial charge < -0.3 is 5.32 Å². The minimum absolute atomic E-state index is 0.113. The van der Waals surface area contributed by atoms with Crippen LogP contribution < -0.4 is 5.32 Å². The number of carbonyl (C=O) groups excluding carboxylic acids is 1. The lowest BCUT2D eigenvalue weighted by Crippen LogP contribution is -2.29. The van der Waals surface area contributed by atoms with Crippen LogP contribution in [0.2, 0.25) is 0 Å². The summed E-state index contributed by atoms with van der Waals surface area (Å²) in [7, 11) is 0. The van der Waals surface area contributed by atoms with Crippen LogP contribution in [0.25, 0.3) is 0 Å². The summed E-state index contributed by atoms with van der Waals surface area (Å²) in [6, 6.07) is 9.82. The zero-order valence-electron chi connectivity index (χ0n) is 9.49. The Morgan fingerprint density at radius 3 is 2.60 bits per heavy atom. The van der Waals surface area contributed by atoms with Crippen molar-refractivity contribution in [1.29, 1.82) is 0 Å². The topological polar surface area (TPSA) is 29.1 Å². The van der Waals surface area contributed by atoms with Crippen LogP contribution in [0.3, 0.4) is 0 Å². The molecule has 1 aromatic carbocycles. The fraction of sp³-hybridized carbons (Fsp3) is 0.462. The van der Waals surface area contributed by atoms with E-state index >= 15 is 0 Å². The number of hydrogen-bond donors (Lipinski definition) is 1. The molecule has 0 radical (unpaired) electrons. The van der Waals surface area contributed by atoms with Crippen molar-refractivity contribution in [3.8, 4) is 0 Å². The molecule has 0 aliphatic rings. The summed E-state index contributed by atoms with van der Waals surface area (Å²) in [5.41, 5.74) is 1.07. The predicted octanol–water partition coefficient (Wildman–Crippen LogP) is 2.39. The SMILES string of the molecule is CCC(C)CNC(=O)Cc1ccccc1. The van der Waals surface area contributed by atoms with Crippen molar-refractivity contribution in [1.82, 2.24) is 5.32 Å². The highest BCUT2D eigenvalue weighted by Crippen LogP contribution is 2.00. The third-order valence-corrected chi connectivity index (χ3v) is 2.55. The summed E-state index contributed by atoms with van der Waals surface area (Å²) in [5.74, 6) is 0.672. The number of carbonyl (C=O) groups is 1. The molecule has 1 unspecified atom stereocenters. The van der Waals surface area contributed by atoms with Crippen molar-refractivity contribution in [2.45, 2.75) is 26.7 Å². The van der Waals surface area contributed by atoms with E-state index in [0.29, 0.717) is 12.3 Å². The lowest BCUT2D eigenvalue weighted by atomic mass is 10.1. The van der Waals surface area contributed by atoms with Crippen molar-refractivity contribution < 1.29 is 4.79 Å². The van der Waals surface area contributed by atoms with Gasteiger partial charge in [-0.25, -0.2) is 0 Å². The highest BCUT2D eigenvalue weighted by atomic mass is 16.1. The lowest BCUT2D eigenvalue weighted by molar-refractivity contribution is -0.120. The second-order valence-corrected chi connectivity index (χ2v) is 3.98. The largest absolute Gasteiger partial charge is 0.356 e. The van der Waals surface area contributed by atoms with Gasteiger partial charge in [0.05, 0.1) is 6.42 Å². The third kappa shape index (κ3) is 4.63. The van der Waals surface area contributed by atoms with E-state index in [-0.39, 0.29) is 5.91 Å². The Kier molecular flexibility index (Phi) is 4.88. The molecule has 0 bridgehead atoms. The van der Waals surface area contributed by atoms with Gasteiger partial charge in [0, 0.05) is 6.54 Å². The number of rotatable bonds is 5. The fourth-order valence-electron chi connectivity index (χ4n) is 1.28. The molecule has 0 saturated carbocycles. The number of benzene rings is 1. The first-order valence-electron chi connectivity index (χ1n) is 5.53. The standard InChI is InChI=1S/C13H19NO/c1-3-11(2)10-14-13(15)9-12-7-5-4-6-8-12/h4-8,11H,3,9-10H2,1-2H3,(H,14,15). The molecular formula is C13H19NO. The first kappa shape index (κ1) is 11.8. The molecule has 0 saturated heterocycles. The van der Waals surface area contributed by atoms with Gasteiger partial charge in [-0.3, -0.25) is 4.79 Å². The van der Waals surface area contributed by atoms with Crippen LogP contribution in [0.1, 0.15) is 25.8 Å². The van der Waals surface area contributed by atoms with Gasteiger partial charge in [0.1, 0.15) is 0 Å². The second kappa shape index (κ2) is 6.23. The minimum atomic E-state index is 0.113. The van der Waals surface area contributed by atoms with Gasteiger partial charge in [0.15, 0.2) is 0 Å². The van der Waals surface area contributed by atoms with Crippen LogP contribution in [0, 0.1) is 5.92 Å². The van der Waals surface area contributed by atoms with Crippen molar-refractivity contribution in [3.05, 3.63) is 35.9 Å². The molecule has 1 atom stereocenters. The van der Waals surface area contributed by atoms with E-state index in [1.807, 2.05) is 30.3 Å². The first-order valence-corrected chi connectivity index (χ1v) is 5.53. The van der Waals surface area contributed by atoms with Gasteiger partial charge in [-0.05, 0) is 11.5 Å². The van der Waals surface area contributed by atoms with E-state index in [9.17, 15) is 4.79 Å². The molecule has 2 nitrogen and oxygen atoms in total. The summed E-state index contributed by atoms with van der Waals surface area (Å²) >= 11 is 0. The van der Waals surface area contributed by atoms with E-state index in [4.69, 9.17) is 0 Å². The van der Waals surface area contributed by atoms with Crippen LogP contribution in [0.5, 0.6) is 0 Å². The van der Waals surface area contributed by atoms with Gasteiger partial charge in [0.2, 0.25) is 5.91 Å². The summed E-state index contributed by atoms with van der Waals surface area (Å²) < 4.78 is 0. The predicted molar refractivity (Wildman–Crippen MR) is 62.6 cm³/mol. The van der Waals surface area contributed by atoms with Crippen LogP contribution in [0.15, 0.2) is 30.3 Å². The van der Waals surface area contributed by atoms with Crippen molar-refractivity contribution in [3.63, 3.8) is 0 Å². The molecule has 0 heterocycles. The van der Waals surface area contributed by atoms with Crippen LogP contribution in [-0.4, -0.2) is 12.5 Å². The molecule has 15 heavy (non-hydrogen) atoms. The molecule has 0 aliphatic heterocycles. The molecule has 0 fully saturated rings. The van der Waals surface area contributed by atoms with E-state index in [0.717, 1.165) is 18.5 Å². The Hall–Kier alpha value is -1.31. The fourth-order valence-corrected chi connectivity index (χ4v) is 1.28. The summed E-state index contributed by atoms with van der Waals surface area (Å²) in [5, 5.41) is 2.94. The Balaban J connectivity index is 2.31. The highest BCUT2D eigenvalue weighted by molar-refractivity contribution is 5.78. The van der Waals surface area contributed by atoms with Crippen molar-refractivity contribution in [2.75, 3.05) is 6.54 Å². The molecule has 1 N–H and O–H groups in total. The molecule has 2 heteroatoms. The Labute approximate surface area is 91.7 Å². The minimum Gasteiger partial charge on any atom is -0.356 e. The third-order valence-electron chi connectivity index (χ3n) is 2.55. The summed E-state index contributed by atoms with van der Waals surface area (Å²) in [6.45, 7) is 5.05. The smallest absolute Gasteiger partial charge is 0.224 e. The zero-order chi connectivity index (χ0) is 11.1. The summed E-state index contributed by atoms with van der Waals surface area (Å²) in [4.78, 5) is 11.5. The molecule has 1 rings (SSSR count). The van der Waals surface area contributed by atoms with E-state index in [1.54, 1.807) is 0 Å².